The quantitative estimate of drug-likeness (QED) is 0.823. The highest BCUT2D eigenvalue weighted by molar-refractivity contribution is 5.73. The Kier molecular flexibility index (Phi) is 6.42. The lowest BCUT2D eigenvalue weighted by atomic mass is 9.96. The zero-order valence-electron chi connectivity index (χ0n) is 17.4. The lowest BCUT2D eigenvalue weighted by Gasteiger charge is -2.44. The molecule has 1 N–H and O–H groups in total. The summed E-state index contributed by atoms with van der Waals surface area (Å²) >= 11 is 0. The fourth-order valence-corrected chi connectivity index (χ4v) is 4.08. The van der Waals surface area contributed by atoms with Crippen LogP contribution in [0.2, 0.25) is 0 Å². The molecule has 1 aliphatic heterocycles. The summed E-state index contributed by atoms with van der Waals surface area (Å²) in [6.45, 7) is 13.2. The minimum Gasteiger partial charge on any atom is -0.361 e. The minimum atomic E-state index is -0.0529. The lowest BCUT2D eigenvalue weighted by Crippen LogP contribution is -2.59. The molecule has 2 aliphatic rings. The van der Waals surface area contributed by atoms with Crippen LogP contribution in [0.1, 0.15) is 50.6 Å². The number of amides is 2. The van der Waals surface area contributed by atoms with Gasteiger partial charge in [0.05, 0.1) is 6.54 Å². The van der Waals surface area contributed by atoms with Gasteiger partial charge in [-0.1, -0.05) is 12.1 Å². The number of urea groups is 1. The summed E-state index contributed by atoms with van der Waals surface area (Å²) in [5.74, 6) is 1.01. The number of carbonyl (C=O) groups excluding carboxylic acids is 1. The largest absolute Gasteiger partial charge is 0.361 e. The molecule has 0 spiro atoms. The molecule has 0 bridgehead atoms. The van der Waals surface area contributed by atoms with E-state index >= 15 is 0 Å². The van der Waals surface area contributed by atoms with E-state index in [-0.39, 0.29) is 11.6 Å². The van der Waals surface area contributed by atoms with Crippen LogP contribution in [-0.4, -0.2) is 77.7 Å². The van der Waals surface area contributed by atoms with E-state index in [1.54, 1.807) is 4.90 Å². The average molecular weight is 378 g/mol. The maximum atomic E-state index is 12.6. The van der Waals surface area contributed by atoms with Crippen molar-refractivity contribution < 1.29 is 9.32 Å². The Morgan fingerprint density at radius 2 is 1.93 bits per heavy atom. The van der Waals surface area contributed by atoms with Gasteiger partial charge in [0.15, 0.2) is 0 Å². The summed E-state index contributed by atoms with van der Waals surface area (Å²) in [5, 5.41) is 7.32. The summed E-state index contributed by atoms with van der Waals surface area (Å²) in [7, 11) is 1.83. The van der Waals surface area contributed by atoms with Crippen LogP contribution in [0.4, 0.5) is 4.79 Å². The van der Waals surface area contributed by atoms with Crippen molar-refractivity contribution in [2.45, 2.75) is 58.5 Å². The van der Waals surface area contributed by atoms with E-state index in [0.29, 0.717) is 13.1 Å². The minimum absolute atomic E-state index is 0.0522. The van der Waals surface area contributed by atoms with E-state index in [9.17, 15) is 4.79 Å². The van der Waals surface area contributed by atoms with Gasteiger partial charge in [0.25, 0.3) is 0 Å². The van der Waals surface area contributed by atoms with Crippen molar-refractivity contribution in [2.75, 3.05) is 46.3 Å². The van der Waals surface area contributed by atoms with Gasteiger partial charge in [-0.05, 0) is 39.7 Å². The molecule has 0 radical (unpaired) electrons. The first kappa shape index (κ1) is 20.1. The molecule has 7 heteroatoms. The number of piperazine rings is 1. The predicted octanol–water partition coefficient (Wildman–Crippen LogP) is 2.11. The fourth-order valence-electron chi connectivity index (χ4n) is 4.08. The van der Waals surface area contributed by atoms with E-state index in [1.807, 2.05) is 7.05 Å². The molecule has 2 heterocycles. The third kappa shape index (κ3) is 4.82. The van der Waals surface area contributed by atoms with E-state index in [2.05, 4.69) is 41.0 Å². The molecule has 7 nitrogen and oxygen atoms in total. The SMILES string of the molecule is CCN1CCN(C(C)(C)CNC(=O)N(C)Cc2noc3c2CCCC3)CC1. The van der Waals surface area contributed by atoms with Crippen molar-refractivity contribution in [1.29, 1.82) is 0 Å². The van der Waals surface area contributed by atoms with Gasteiger partial charge in [-0.2, -0.15) is 0 Å². The third-order valence-corrected chi connectivity index (χ3v) is 6.11. The zero-order valence-corrected chi connectivity index (χ0v) is 17.4. The van der Waals surface area contributed by atoms with E-state index < -0.39 is 0 Å². The van der Waals surface area contributed by atoms with E-state index in [1.165, 1.54) is 18.4 Å². The molecule has 27 heavy (non-hydrogen) atoms. The molecule has 0 unspecified atom stereocenters. The molecule has 0 saturated carbocycles. The molecule has 0 atom stereocenters. The van der Waals surface area contributed by atoms with Gasteiger partial charge >= 0.3 is 6.03 Å². The molecular weight excluding hydrogens is 342 g/mol. The van der Waals surface area contributed by atoms with Gasteiger partial charge in [0.2, 0.25) is 0 Å². The molecule has 1 fully saturated rings. The highest BCUT2D eigenvalue weighted by Gasteiger charge is 2.30. The average Bonchev–Trinajstić information content (AvgIpc) is 3.09. The van der Waals surface area contributed by atoms with Gasteiger partial charge < -0.3 is 19.6 Å². The van der Waals surface area contributed by atoms with Crippen molar-refractivity contribution in [3.8, 4) is 0 Å². The van der Waals surface area contributed by atoms with Gasteiger partial charge in [0, 0.05) is 57.3 Å². The molecule has 1 saturated heterocycles. The van der Waals surface area contributed by atoms with Crippen LogP contribution in [-0.2, 0) is 19.4 Å². The molecule has 1 aromatic rings. The van der Waals surface area contributed by atoms with Gasteiger partial charge in [-0.3, -0.25) is 4.90 Å². The van der Waals surface area contributed by atoms with Crippen molar-refractivity contribution in [3.63, 3.8) is 0 Å². The fraction of sp³-hybridized carbons (Fsp3) is 0.800. The van der Waals surface area contributed by atoms with E-state index in [0.717, 1.165) is 57.0 Å². The number of likely N-dealkylation sites (N-methyl/N-ethyl adjacent to an activating group) is 1. The lowest BCUT2D eigenvalue weighted by molar-refractivity contribution is 0.0547. The second-order valence-corrected chi connectivity index (χ2v) is 8.49. The van der Waals surface area contributed by atoms with Crippen LogP contribution < -0.4 is 5.32 Å². The Bertz CT molecular complexity index is 634. The summed E-state index contributed by atoms with van der Waals surface area (Å²) in [4.78, 5) is 19.3. The smallest absolute Gasteiger partial charge is 0.317 e. The summed E-state index contributed by atoms with van der Waals surface area (Å²) in [5.41, 5.74) is 2.08. The Labute approximate surface area is 163 Å². The normalized spacial score (nSPS) is 19.0. The number of aryl methyl sites for hydroxylation is 1. The third-order valence-electron chi connectivity index (χ3n) is 6.11. The summed E-state index contributed by atoms with van der Waals surface area (Å²) in [6, 6.07) is -0.0529. The monoisotopic (exact) mass is 377 g/mol. The molecule has 2 amide bonds. The molecule has 3 rings (SSSR count). The highest BCUT2D eigenvalue weighted by Crippen LogP contribution is 2.25. The predicted molar refractivity (Wildman–Crippen MR) is 106 cm³/mol. The number of aromatic nitrogens is 1. The molecular formula is C20H35N5O2. The van der Waals surface area contributed by atoms with Crippen LogP contribution in [0, 0.1) is 0 Å². The number of hydrogen-bond donors (Lipinski definition) is 1. The second kappa shape index (κ2) is 8.61. The van der Waals surface area contributed by atoms with Crippen LogP contribution >= 0.6 is 0 Å². The number of fused-ring (bicyclic) bond motifs is 1. The standard InChI is InChI=1S/C20H35N5O2/c1-5-24-10-12-25(13-11-24)20(2,3)15-21-19(26)23(4)14-17-16-8-6-7-9-18(16)27-22-17/h5-15H2,1-4H3,(H,21,26). The summed E-state index contributed by atoms with van der Waals surface area (Å²) in [6.07, 6.45) is 4.33. The maximum absolute atomic E-state index is 12.6. The molecule has 1 aromatic heterocycles. The molecule has 1 aliphatic carbocycles. The number of hydrogen-bond acceptors (Lipinski definition) is 5. The van der Waals surface area contributed by atoms with Crippen LogP contribution in [0.15, 0.2) is 4.52 Å². The van der Waals surface area contributed by atoms with Gasteiger partial charge in [0.1, 0.15) is 11.5 Å². The number of carbonyl (C=O) groups is 1. The Morgan fingerprint density at radius 3 is 2.63 bits per heavy atom. The van der Waals surface area contributed by atoms with E-state index in [4.69, 9.17) is 4.52 Å². The van der Waals surface area contributed by atoms with Crippen molar-refractivity contribution in [2.24, 2.45) is 0 Å². The molecule has 0 aromatic carbocycles. The van der Waals surface area contributed by atoms with Gasteiger partial charge in [-0.15, -0.1) is 0 Å². The van der Waals surface area contributed by atoms with Crippen LogP contribution in [0.3, 0.4) is 0 Å². The Morgan fingerprint density at radius 1 is 1.22 bits per heavy atom. The van der Waals surface area contributed by atoms with Crippen LogP contribution in [0.5, 0.6) is 0 Å². The first-order valence-corrected chi connectivity index (χ1v) is 10.3. The number of nitrogens with one attached hydrogen (secondary N) is 1. The Hall–Kier alpha value is -1.60. The van der Waals surface area contributed by atoms with Gasteiger partial charge in [-0.25, -0.2) is 4.79 Å². The molecule has 152 valence electrons. The highest BCUT2D eigenvalue weighted by atomic mass is 16.5. The number of nitrogens with zero attached hydrogens (tertiary/aromatic N) is 4. The van der Waals surface area contributed by atoms with Crippen molar-refractivity contribution in [3.05, 3.63) is 17.0 Å². The van der Waals surface area contributed by atoms with Crippen molar-refractivity contribution >= 4 is 6.03 Å². The first-order valence-electron chi connectivity index (χ1n) is 10.3. The Balaban J connectivity index is 1.49. The van der Waals surface area contributed by atoms with Crippen LogP contribution in [0.25, 0.3) is 0 Å². The summed E-state index contributed by atoms with van der Waals surface area (Å²) < 4.78 is 5.46. The van der Waals surface area contributed by atoms with Crippen molar-refractivity contribution in [1.82, 2.24) is 25.2 Å². The number of rotatable bonds is 6. The second-order valence-electron chi connectivity index (χ2n) is 8.49. The topological polar surface area (TPSA) is 64.8 Å². The zero-order chi connectivity index (χ0) is 19.4. The first-order chi connectivity index (χ1) is 12.9. The maximum Gasteiger partial charge on any atom is 0.317 e.